The molecule has 0 aliphatic carbocycles. The third-order valence-electron chi connectivity index (χ3n) is 3.76. The molecule has 1 aromatic carbocycles. The molecule has 1 atom stereocenters. The molecule has 2 amide bonds. The van der Waals surface area contributed by atoms with Gasteiger partial charge < -0.3 is 16.0 Å². The van der Waals surface area contributed by atoms with E-state index in [9.17, 15) is 9.59 Å². The lowest BCUT2D eigenvalue weighted by molar-refractivity contribution is -0.133. The second-order valence-electron chi connectivity index (χ2n) is 5.61. The molecule has 8 heteroatoms. The molecule has 128 valence electrons. The van der Waals surface area contributed by atoms with E-state index in [1.54, 1.807) is 22.6 Å². The van der Waals surface area contributed by atoms with Gasteiger partial charge in [0.1, 0.15) is 0 Å². The minimum Gasteiger partial charge on any atom is -0.334 e. The van der Waals surface area contributed by atoms with Gasteiger partial charge in [-0.15, -0.1) is 12.4 Å². The Morgan fingerprint density at radius 1 is 1.25 bits per heavy atom. The number of anilines is 1. The van der Waals surface area contributed by atoms with Crippen molar-refractivity contribution < 1.29 is 9.59 Å². The molecule has 0 fully saturated rings. The number of benzene rings is 1. The molecule has 1 unspecified atom stereocenters. The predicted molar refractivity (Wildman–Crippen MR) is 92.9 cm³/mol. The first-order valence-electron chi connectivity index (χ1n) is 7.52. The molecule has 1 aliphatic heterocycles. The van der Waals surface area contributed by atoms with E-state index in [1.807, 2.05) is 30.3 Å². The summed E-state index contributed by atoms with van der Waals surface area (Å²) in [5.41, 5.74) is 7.55. The Balaban J connectivity index is 0.00000208. The number of rotatable bonds is 3. The Morgan fingerprint density at radius 2 is 1.96 bits per heavy atom. The monoisotopic (exact) mass is 349 g/mol. The Bertz CT molecular complexity index is 729. The first-order chi connectivity index (χ1) is 11.0. The van der Waals surface area contributed by atoms with Crippen LogP contribution in [0.3, 0.4) is 0 Å². The summed E-state index contributed by atoms with van der Waals surface area (Å²) in [6, 6.07) is 10.4. The van der Waals surface area contributed by atoms with Gasteiger partial charge in [-0.3, -0.25) is 14.3 Å². The zero-order chi connectivity index (χ0) is 16.4. The van der Waals surface area contributed by atoms with Crippen molar-refractivity contribution in [2.75, 3.05) is 11.9 Å². The molecule has 0 saturated heterocycles. The van der Waals surface area contributed by atoms with Crippen LogP contribution in [0.25, 0.3) is 0 Å². The lowest BCUT2D eigenvalue weighted by atomic mass is 10.2. The molecule has 1 aromatic heterocycles. The molecule has 7 nitrogen and oxygen atoms in total. The van der Waals surface area contributed by atoms with Crippen LogP contribution in [0.1, 0.15) is 23.1 Å². The summed E-state index contributed by atoms with van der Waals surface area (Å²) < 4.78 is 1.77. The summed E-state index contributed by atoms with van der Waals surface area (Å²) in [4.78, 5) is 25.9. The first kappa shape index (κ1) is 18.0. The Morgan fingerprint density at radius 3 is 2.62 bits per heavy atom. The zero-order valence-corrected chi connectivity index (χ0v) is 14.1. The van der Waals surface area contributed by atoms with E-state index in [4.69, 9.17) is 5.73 Å². The molecule has 3 N–H and O–H groups in total. The van der Waals surface area contributed by atoms with Crippen molar-refractivity contribution in [1.82, 2.24) is 14.7 Å². The van der Waals surface area contributed by atoms with E-state index in [0.29, 0.717) is 25.3 Å². The van der Waals surface area contributed by atoms with Crippen LogP contribution < -0.4 is 11.1 Å². The van der Waals surface area contributed by atoms with Crippen molar-refractivity contribution in [2.24, 2.45) is 5.73 Å². The van der Waals surface area contributed by atoms with Gasteiger partial charge in [-0.1, -0.05) is 18.2 Å². The van der Waals surface area contributed by atoms with Gasteiger partial charge in [0.15, 0.2) is 5.69 Å². The third-order valence-corrected chi connectivity index (χ3v) is 3.76. The number of halogens is 1. The number of amides is 2. The number of carbonyl (C=O) groups is 2. The second kappa shape index (κ2) is 7.46. The van der Waals surface area contributed by atoms with Gasteiger partial charge in [-0.2, -0.15) is 5.10 Å². The lowest BCUT2D eigenvalue weighted by Crippen LogP contribution is -2.45. The van der Waals surface area contributed by atoms with Gasteiger partial charge in [-0.25, -0.2) is 0 Å². The van der Waals surface area contributed by atoms with Crippen LogP contribution in [0.4, 0.5) is 5.69 Å². The van der Waals surface area contributed by atoms with E-state index in [-0.39, 0.29) is 24.2 Å². The normalized spacial score (nSPS) is 14.3. The van der Waals surface area contributed by atoms with Gasteiger partial charge >= 0.3 is 0 Å². The number of carbonyl (C=O) groups excluding carboxylic acids is 2. The maximum absolute atomic E-state index is 12.3. The van der Waals surface area contributed by atoms with Crippen LogP contribution in [0.2, 0.25) is 0 Å². The Kier molecular flexibility index (Phi) is 5.58. The third kappa shape index (κ3) is 3.74. The van der Waals surface area contributed by atoms with Crippen molar-refractivity contribution in [3.05, 3.63) is 47.8 Å². The number of aromatic nitrogens is 2. The van der Waals surface area contributed by atoms with E-state index < -0.39 is 6.04 Å². The highest BCUT2D eigenvalue weighted by Crippen LogP contribution is 2.16. The largest absolute Gasteiger partial charge is 0.334 e. The number of fused-ring (bicyclic) bond motifs is 1. The molecule has 0 bridgehead atoms. The van der Waals surface area contributed by atoms with Crippen LogP contribution >= 0.6 is 12.4 Å². The molecule has 0 spiro atoms. The summed E-state index contributed by atoms with van der Waals surface area (Å²) in [6.07, 6.45) is 0. The predicted octanol–water partition coefficient (Wildman–Crippen LogP) is 1.25. The van der Waals surface area contributed by atoms with Gasteiger partial charge in [-0.05, 0) is 25.1 Å². The van der Waals surface area contributed by atoms with Crippen LogP contribution in [0.15, 0.2) is 36.4 Å². The average Bonchev–Trinajstić information content (AvgIpc) is 2.98. The minimum absolute atomic E-state index is 0. The van der Waals surface area contributed by atoms with Crippen molar-refractivity contribution >= 4 is 29.9 Å². The smallest absolute Gasteiger partial charge is 0.276 e. The highest BCUT2D eigenvalue weighted by molar-refractivity contribution is 6.02. The quantitative estimate of drug-likeness (QED) is 0.872. The van der Waals surface area contributed by atoms with Crippen molar-refractivity contribution in [2.45, 2.75) is 26.1 Å². The number of nitrogens with zero attached hydrogens (tertiary/aromatic N) is 3. The average molecular weight is 350 g/mol. The van der Waals surface area contributed by atoms with Crippen LogP contribution in [0, 0.1) is 0 Å². The van der Waals surface area contributed by atoms with E-state index in [0.717, 1.165) is 11.4 Å². The van der Waals surface area contributed by atoms with Crippen molar-refractivity contribution in [1.29, 1.82) is 0 Å². The van der Waals surface area contributed by atoms with Crippen LogP contribution in [-0.4, -0.2) is 39.1 Å². The summed E-state index contributed by atoms with van der Waals surface area (Å²) in [5.74, 6) is -0.351. The van der Waals surface area contributed by atoms with E-state index >= 15 is 0 Å². The molecule has 1 aliphatic rings. The molecule has 24 heavy (non-hydrogen) atoms. The number of nitrogens with two attached hydrogens (primary N) is 1. The van der Waals surface area contributed by atoms with Crippen molar-refractivity contribution in [3.8, 4) is 0 Å². The summed E-state index contributed by atoms with van der Waals surface area (Å²) in [7, 11) is 0. The van der Waals surface area contributed by atoms with Gasteiger partial charge in [0.25, 0.3) is 5.91 Å². The number of para-hydroxylation sites is 1. The summed E-state index contributed by atoms with van der Waals surface area (Å²) >= 11 is 0. The van der Waals surface area contributed by atoms with Crippen LogP contribution in [0.5, 0.6) is 0 Å². The maximum atomic E-state index is 12.3. The fraction of sp³-hybridized carbons (Fsp3) is 0.312. The molecule has 2 aromatic rings. The Labute approximate surface area is 146 Å². The number of nitrogens with one attached hydrogen (secondary N) is 1. The SMILES string of the molecule is CC(N)C(=O)N1CCn2nc(C(=O)Nc3ccccc3)cc2C1.Cl. The second-order valence-corrected chi connectivity index (χ2v) is 5.61. The standard InChI is InChI=1S/C16H19N5O2.ClH/c1-11(17)16(23)20-7-8-21-13(10-20)9-14(19-21)15(22)18-12-5-3-2-4-6-12;/h2-6,9,11H,7-8,10,17H2,1H3,(H,18,22);1H. The highest BCUT2D eigenvalue weighted by atomic mass is 35.5. The fourth-order valence-corrected chi connectivity index (χ4v) is 2.57. The molecule has 3 rings (SSSR count). The summed E-state index contributed by atoms with van der Waals surface area (Å²) in [5, 5.41) is 7.13. The van der Waals surface area contributed by atoms with Gasteiger partial charge in [0.2, 0.25) is 5.91 Å². The number of hydrogen-bond donors (Lipinski definition) is 2. The van der Waals surface area contributed by atoms with E-state index in [1.165, 1.54) is 0 Å². The molecule has 0 radical (unpaired) electrons. The minimum atomic E-state index is -0.523. The Hall–Kier alpha value is -2.38. The summed E-state index contributed by atoms with van der Waals surface area (Å²) in [6.45, 7) is 3.21. The first-order valence-corrected chi connectivity index (χ1v) is 7.52. The highest BCUT2D eigenvalue weighted by Gasteiger charge is 2.25. The van der Waals surface area contributed by atoms with Gasteiger partial charge in [0, 0.05) is 12.2 Å². The molecule has 0 saturated carbocycles. The molecule has 2 heterocycles. The van der Waals surface area contributed by atoms with E-state index in [2.05, 4.69) is 10.4 Å². The van der Waals surface area contributed by atoms with Crippen molar-refractivity contribution in [3.63, 3.8) is 0 Å². The van der Waals surface area contributed by atoms with Crippen LogP contribution in [-0.2, 0) is 17.9 Å². The molecular weight excluding hydrogens is 330 g/mol. The topological polar surface area (TPSA) is 93.2 Å². The molecular formula is C16H20ClN5O2. The fourth-order valence-electron chi connectivity index (χ4n) is 2.57. The maximum Gasteiger partial charge on any atom is 0.276 e. The zero-order valence-electron chi connectivity index (χ0n) is 13.3. The van der Waals surface area contributed by atoms with Gasteiger partial charge in [0.05, 0.1) is 24.8 Å². The lowest BCUT2D eigenvalue weighted by Gasteiger charge is -2.28. The number of hydrogen-bond acceptors (Lipinski definition) is 4.